The number of hydrogen-bond donors (Lipinski definition) is 1. The SMILES string of the molecule is CC(CCc1ccc(C(C)C)cc1)NC1CC1. The topological polar surface area (TPSA) is 12.0 Å². The van der Waals surface area contributed by atoms with Gasteiger partial charge in [-0.3, -0.25) is 0 Å². The maximum absolute atomic E-state index is 3.65. The van der Waals surface area contributed by atoms with Crippen molar-refractivity contribution in [3.63, 3.8) is 0 Å². The Balaban J connectivity index is 1.77. The molecule has 0 bridgehead atoms. The molecule has 0 aromatic heterocycles. The van der Waals surface area contributed by atoms with Crippen LogP contribution in [0.4, 0.5) is 0 Å². The lowest BCUT2D eigenvalue weighted by Crippen LogP contribution is -2.28. The number of nitrogens with one attached hydrogen (secondary N) is 1. The zero-order chi connectivity index (χ0) is 12.3. The van der Waals surface area contributed by atoms with Gasteiger partial charge >= 0.3 is 0 Å². The minimum Gasteiger partial charge on any atom is -0.311 e. The summed E-state index contributed by atoms with van der Waals surface area (Å²) in [7, 11) is 0. The van der Waals surface area contributed by atoms with Gasteiger partial charge in [0.15, 0.2) is 0 Å². The Bertz CT molecular complexity index is 335. The zero-order valence-electron chi connectivity index (χ0n) is 11.4. The van der Waals surface area contributed by atoms with E-state index in [1.165, 1.54) is 36.8 Å². The van der Waals surface area contributed by atoms with E-state index in [1.54, 1.807) is 0 Å². The van der Waals surface area contributed by atoms with Crippen molar-refractivity contribution in [3.05, 3.63) is 35.4 Å². The molecule has 17 heavy (non-hydrogen) atoms. The molecule has 1 nitrogen and oxygen atoms in total. The third kappa shape index (κ3) is 4.16. The molecule has 1 aromatic rings. The van der Waals surface area contributed by atoms with Crippen LogP contribution in [0.1, 0.15) is 57.1 Å². The van der Waals surface area contributed by atoms with Crippen LogP contribution in [0.25, 0.3) is 0 Å². The van der Waals surface area contributed by atoms with Gasteiger partial charge < -0.3 is 5.32 Å². The van der Waals surface area contributed by atoms with E-state index >= 15 is 0 Å². The summed E-state index contributed by atoms with van der Waals surface area (Å²) < 4.78 is 0. The van der Waals surface area contributed by atoms with Gasteiger partial charge in [0.25, 0.3) is 0 Å². The van der Waals surface area contributed by atoms with Gasteiger partial charge in [0.05, 0.1) is 0 Å². The minimum absolute atomic E-state index is 0.638. The molecule has 0 radical (unpaired) electrons. The normalized spacial score (nSPS) is 17.4. The molecule has 0 aliphatic heterocycles. The van der Waals surface area contributed by atoms with Gasteiger partial charge in [-0.2, -0.15) is 0 Å². The summed E-state index contributed by atoms with van der Waals surface area (Å²) in [5.41, 5.74) is 2.91. The Morgan fingerprint density at radius 1 is 1.12 bits per heavy atom. The van der Waals surface area contributed by atoms with Crippen LogP contribution in [0.15, 0.2) is 24.3 Å². The van der Waals surface area contributed by atoms with Crippen molar-refractivity contribution in [1.29, 1.82) is 0 Å². The summed E-state index contributed by atoms with van der Waals surface area (Å²) in [6.45, 7) is 6.80. The predicted octanol–water partition coefficient (Wildman–Crippen LogP) is 3.88. The third-order valence-corrected chi connectivity index (χ3v) is 3.61. The highest BCUT2D eigenvalue weighted by Gasteiger charge is 2.22. The van der Waals surface area contributed by atoms with E-state index in [9.17, 15) is 0 Å². The number of benzene rings is 1. The van der Waals surface area contributed by atoms with Crippen LogP contribution in [-0.2, 0) is 6.42 Å². The van der Waals surface area contributed by atoms with Crippen LogP contribution >= 0.6 is 0 Å². The average Bonchev–Trinajstić information content (AvgIpc) is 3.11. The molecule has 0 spiro atoms. The van der Waals surface area contributed by atoms with E-state index in [2.05, 4.69) is 50.4 Å². The molecule has 94 valence electrons. The summed E-state index contributed by atoms with van der Waals surface area (Å²) >= 11 is 0. The highest BCUT2D eigenvalue weighted by molar-refractivity contribution is 5.24. The van der Waals surface area contributed by atoms with Gasteiger partial charge in [-0.1, -0.05) is 38.1 Å². The van der Waals surface area contributed by atoms with Crippen LogP contribution in [-0.4, -0.2) is 12.1 Å². The van der Waals surface area contributed by atoms with Gasteiger partial charge in [-0.25, -0.2) is 0 Å². The van der Waals surface area contributed by atoms with Crippen LogP contribution in [0, 0.1) is 0 Å². The molecule has 0 amide bonds. The predicted molar refractivity (Wildman–Crippen MR) is 74.5 cm³/mol. The molecule has 1 atom stereocenters. The first-order valence-electron chi connectivity index (χ1n) is 7.00. The average molecular weight is 231 g/mol. The molecule has 2 rings (SSSR count). The lowest BCUT2D eigenvalue weighted by molar-refractivity contribution is 0.511. The lowest BCUT2D eigenvalue weighted by Gasteiger charge is -2.13. The van der Waals surface area contributed by atoms with Crippen molar-refractivity contribution in [2.45, 2.75) is 64.5 Å². The summed E-state index contributed by atoms with van der Waals surface area (Å²) in [5, 5.41) is 3.65. The van der Waals surface area contributed by atoms with Crippen molar-refractivity contribution < 1.29 is 0 Å². The largest absolute Gasteiger partial charge is 0.311 e. The Hall–Kier alpha value is -0.820. The van der Waals surface area contributed by atoms with Crippen LogP contribution in [0.2, 0.25) is 0 Å². The van der Waals surface area contributed by atoms with Gasteiger partial charge in [-0.15, -0.1) is 0 Å². The highest BCUT2D eigenvalue weighted by Crippen LogP contribution is 2.20. The summed E-state index contributed by atoms with van der Waals surface area (Å²) in [5.74, 6) is 0.638. The maximum atomic E-state index is 3.65. The first-order valence-corrected chi connectivity index (χ1v) is 7.00. The van der Waals surface area contributed by atoms with Crippen molar-refractivity contribution in [3.8, 4) is 0 Å². The first-order chi connectivity index (χ1) is 8.15. The van der Waals surface area contributed by atoms with E-state index in [-0.39, 0.29) is 0 Å². The maximum Gasteiger partial charge on any atom is 0.00706 e. The smallest absolute Gasteiger partial charge is 0.00706 e. The van der Waals surface area contributed by atoms with E-state index < -0.39 is 0 Å². The van der Waals surface area contributed by atoms with Crippen molar-refractivity contribution >= 4 is 0 Å². The number of hydrogen-bond acceptors (Lipinski definition) is 1. The van der Waals surface area contributed by atoms with Gasteiger partial charge in [-0.05, 0) is 49.7 Å². The van der Waals surface area contributed by atoms with Gasteiger partial charge in [0, 0.05) is 12.1 Å². The second-order valence-corrected chi connectivity index (χ2v) is 5.78. The quantitative estimate of drug-likeness (QED) is 0.783. The molecule has 1 unspecified atom stereocenters. The summed E-state index contributed by atoms with van der Waals surface area (Å²) in [6, 6.07) is 10.6. The third-order valence-electron chi connectivity index (χ3n) is 3.61. The fraction of sp³-hybridized carbons (Fsp3) is 0.625. The Morgan fingerprint density at radius 3 is 2.29 bits per heavy atom. The molecular formula is C16H25N. The standard InChI is InChI=1S/C16H25N/c1-12(2)15-8-6-14(7-9-15)5-4-13(3)17-16-10-11-16/h6-9,12-13,16-17H,4-5,10-11H2,1-3H3. The molecule has 1 aromatic carbocycles. The zero-order valence-corrected chi connectivity index (χ0v) is 11.4. The molecule has 1 heteroatoms. The Kier molecular flexibility index (Phi) is 4.22. The van der Waals surface area contributed by atoms with E-state index in [0.717, 1.165) is 6.04 Å². The van der Waals surface area contributed by atoms with Crippen molar-refractivity contribution in [2.75, 3.05) is 0 Å². The Morgan fingerprint density at radius 2 is 1.76 bits per heavy atom. The van der Waals surface area contributed by atoms with E-state index in [0.29, 0.717) is 12.0 Å². The number of aryl methyl sites for hydroxylation is 1. The van der Waals surface area contributed by atoms with Crippen molar-refractivity contribution in [2.24, 2.45) is 0 Å². The minimum atomic E-state index is 0.638. The lowest BCUT2D eigenvalue weighted by atomic mass is 9.99. The second-order valence-electron chi connectivity index (χ2n) is 5.78. The molecule has 1 aliphatic rings. The molecule has 1 fully saturated rings. The monoisotopic (exact) mass is 231 g/mol. The molecular weight excluding hydrogens is 206 g/mol. The molecule has 0 heterocycles. The van der Waals surface area contributed by atoms with Gasteiger partial charge in [0.2, 0.25) is 0 Å². The number of rotatable bonds is 6. The van der Waals surface area contributed by atoms with Gasteiger partial charge in [0.1, 0.15) is 0 Å². The molecule has 1 saturated carbocycles. The van der Waals surface area contributed by atoms with Crippen LogP contribution in [0.5, 0.6) is 0 Å². The molecule has 1 aliphatic carbocycles. The molecule has 0 saturated heterocycles. The fourth-order valence-electron chi connectivity index (χ4n) is 2.19. The highest BCUT2D eigenvalue weighted by atomic mass is 15.0. The van der Waals surface area contributed by atoms with Crippen molar-refractivity contribution in [1.82, 2.24) is 5.32 Å². The van der Waals surface area contributed by atoms with Crippen LogP contribution < -0.4 is 5.32 Å². The van der Waals surface area contributed by atoms with E-state index in [4.69, 9.17) is 0 Å². The fourth-order valence-corrected chi connectivity index (χ4v) is 2.19. The molecule has 1 N–H and O–H groups in total. The van der Waals surface area contributed by atoms with E-state index in [1.807, 2.05) is 0 Å². The summed E-state index contributed by atoms with van der Waals surface area (Å²) in [4.78, 5) is 0. The van der Waals surface area contributed by atoms with Crippen LogP contribution in [0.3, 0.4) is 0 Å². The Labute approximate surface area is 106 Å². The second kappa shape index (κ2) is 5.68. The summed E-state index contributed by atoms with van der Waals surface area (Å²) in [6.07, 6.45) is 5.21. The first kappa shape index (κ1) is 12.6.